The van der Waals surface area contributed by atoms with Crippen molar-refractivity contribution < 1.29 is 18.7 Å². The Hall–Kier alpha value is -1.14. The molecule has 18 heavy (non-hydrogen) atoms. The average molecular weight is 273 g/mol. The standard InChI is InChI=1S/C12H13F2NO2S/c1-7-11(17)15(4-5-16)12(18-7)9-3-2-8(13)6-10(9)14/h2-3,6-7,12,16H,4-5H2,1H3/t7-,12-/m1/s1. The van der Waals surface area contributed by atoms with E-state index in [1.54, 1.807) is 6.92 Å². The van der Waals surface area contributed by atoms with E-state index in [-0.39, 0.29) is 29.9 Å². The molecule has 0 aliphatic carbocycles. The van der Waals surface area contributed by atoms with Crippen molar-refractivity contribution in [1.82, 2.24) is 4.90 Å². The molecule has 0 radical (unpaired) electrons. The number of β-amino-alcohol motifs (C(OH)–C–C–N with tert-alkyl or cyclic N) is 1. The van der Waals surface area contributed by atoms with Gasteiger partial charge in [-0.3, -0.25) is 4.79 Å². The molecule has 1 N–H and O–H groups in total. The maximum Gasteiger partial charge on any atom is 0.236 e. The normalized spacial score (nSPS) is 23.8. The number of carbonyl (C=O) groups is 1. The Morgan fingerprint density at radius 1 is 1.44 bits per heavy atom. The summed E-state index contributed by atoms with van der Waals surface area (Å²) in [6, 6.07) is 3.32. The number of aliphatic hydroxyl groups excluding tert-OH is 1. The van der Waals surface area contributed by atoms with Gasteiger partial charge in [-0.05, 0) is 13.0 Å². The molecule has 1 amide bonds. The molecule has 2 atom stereocenters. The van der Waals surface area contributed by atoms with Gasteiger partial charge >= 0.3 is 0 Å². The van der Waals surface area contributed by atoms with Gasteiger partial charge in [0.1, 0.15) is 17.0 Å². The van der Waals surface area contributed by atoms with Gasteiger partial charge in [0.2, 0.25) is 5.91 Å². The molecule has 3 nitrogen and oxygen atoms in total. The average Bonchev–Trinajstić information content (AvgIpc) is 2.58. The first kappa shape index (κ1) is 13.3. The van der Waals surface area contributed by atoms with E-state index in [1.807, 2.05) is 0 Å². The van der Waals surface area contributed by atoms with E-state index in [9.17, 15) is 13.6 Å². The fraction of sp³-hybridized carbons (Fsp3) is 0.417. The molecule has 1 heterocycles. The van der Waals surface area contributed by atoms with Crippen molar-refractivity contribution in [1.29, 1.82) is 0 Å². The predicted octanol–water partition coefficient (Wildman–Crippen LogP) is 1.92. The molecule has 1 saturated heterocycles. The van der Waals surface area contributed by atoms with Gasteiger partial charge < -0.3 is 10.0 Å². The van der Waals surface area contributed by atoms with Crippen molar-refractivity contribution in [2.24, 2.45) is 0 Å². The smallest absolute Gasteiger partial charge is 0.236 e. The minimum absolute atomic E-state index is 0.136. The predicted molar refractivity (Wildman–Crippen MR) is 65.0 cm³/mol. The Morgan fingerprint density at radius 2 is 2.17 bits per heavy atom. The molecule has 0 spiro atoms. The van der Waals surface area contributed by atoms with Gasteiger partial charge in [-0.25, -0.2) is 8.78 Å². The highest BCUT2D eigenvalue weighted by atomic mass is 32.2. The largest absolute Gasteiger partial charge is 0.395 e. The van der Waals surface area contributed by atoms with Crippen LogP contribution in [0.25, 0.3) is 0 Å². The number of aliphatic hydroxyl groups is 1. The fourth-order valence-electron chi connectivity index (χ4n) is 1.95. The molecule has 2 rings (SSSR count). The number of amides is 1. The van der Waals surface area contributed by atoms with E-state index in [4.69, 9.17) is 5.11 Å². The highest BCUT2D eigenvalue weighted by molar-refractivity contribution is 8.01. The lowest BCUT2D eigenvalue weighted by Crippen LogP contribution is -2.33. The van der Waals surface area contributed by atoms with Crippen LogP contribution in [0.15, 0.2) is 18.2 Å². The van der Waals surface area contributed by atoms with Gasteiger partial charge in [0, 0.05) is 18.2 Å². The Morgan fingerprint density at radius 3 is 2.78 bits per heavy atom. The van der Waals surface area contributed by atoms with Gasteiger partial charge in [-0.1, -0.05) is 6.07 Å². The highest BCUT2D eigenvalue weighted by Crippen LogP contribution is 2.43. The lowest BCUT2D eigenvalue weighted by Gasteiger charge is -2.23. The summed E-state index contributed by atoms with van der Waals surface area (Å²) in [7, 11) is 0. The molecule has 0 saturated carbocycles. The summed E-state index contributed by atoms with van der Waals surface area (Å²) in [6.07, 6.45) is 0. The Balaban J connectivity index is 2.33. The summed E-state index contributed by atoms with van der Waals surface area (Å²) < 4.78 is 26.6. The van der Waals surface area contributed by atoms with Gasteiger partial charge in [-0.2, -0.15) is 0 Å². The second kappa shape index (κ2) is 5.24. The third-order valence-corrected chi connectivity index (χ3v) is 4.19. The summed E-state index contributed by atoms with van der Waals surface area (Å²) in [5, 5.41) is 8.17. The minimum atomic E-state index is -0.669. The molecule has 0 bridgehead atoms. The molecule has 0 aromatic heterocycles. The zero-order chi connectivity index (χ0) is 13.3. The van der Waals surface area contributed by atoms with Crippen LogP contribution in [-0.2, 0) is 4.79 Å². The van der Waals surface area contributed by atoms with Crippen molar-refractivity contribution >= 4 is 17.7 Å². The van der Waals surface area contributed by atoms with Crippen LogP contribution < -0.4 is 0 Å². The van der Waals surface area contributed by atoms with Crippen molar-refractivity contribution in [2.75, 3.05) is 13.2 Å². The number of thioether (sulfide) groups is 1. The monoisotopic (exact) mass is 273 g/mol. The number of hydrogen-bond donors (Lipinski definition) is 1. The number of hydrogen-bond acceptors (Lipinski definition) is 3. The molecule has 6 heteroatoms. The van der Waals surface area contributed by atoms with E-state index in [0.29, 0.717) is 0 Å². The van der Waals surface area contributed by atoms with E-state index in [1.165, 1.54) is 28.8 Å². The first-order chi connectivity index (χ1) is 8.54. The molecule has 1 aliphatic heterocycles. The number of carbonyl (C=O) groups excluding carboxylic acids is 1. The maximum absolute atomic E-state index is 13.7. The third-order valence-electron chi connectivity index (χ3n) is 2.82. The Labute approximate surface area is 108 Å². The van der Waals surface area contributed by atoms with Gasteiger partial charge in [0.25, 0.3) is 0 Å². The zero-order valence-electron chi connectivity index (χ0n) is 9.77. The molecule has 0 unspecified atom stereocenters. The zero-order valence-corrected chi connectivity index (χ0v) is 10.6. The lowest BCUT2D eigenvalue weighted by atomic mass is 10.2. The fourth-order valence-corrected chi connectivity index (χ4v) is 3.28. The molecular weight excluding hydrogens is 260 g/mol. The van der Waals surface area contributed by atoms with Crippen LogP contribution >= 0.6 is 11.8 Å². The number of nitrogens with zero attached hydrogens (tertiary/aromatic N) is 1. The van der Waals surface area contributed by atoms with Crippen molar-refractivity contribution in [2.45, 2.75) is 17.5 Å². The quantitative estimate of drug-likeness (QED) is 0.914. The molecule has 1 aliphatic rings. The molecule has 1 aromatic carbocycles. The summed E-state index contributed by atoms with van der Waals surface area (Å²) in [4.78, 5) is 13.3. The Bertz CT molecular complexity index is 469. The van der Waals surface area contributed by atoms with Gasteiger partial charge in [-0.15, -0.1) is 11.8 Å². The van der Waals surface area contributed by atoms with Crippen LogP contribution in [0.2, 0.25) is 0 Å². The van der Waals surface area contributed by atoms with Gasteiger partial charge in [0.15, 0.2) is 0 Å². The second-order valence-corrected chi connectivity index (χ2v) is 5.48. The van der Waals surface area contributed by atoms with Crippen molar-refractivity contribution in [3.05, 3.63) is 35.4 Å². The molecule has 1 fully saturated rings. The van der Waals surface area contributed by atoms with Crippen LogP contribution in [0, 0.1) is 11.6 Å². The number of halogens is 2. The Kier molecular flexibility index (Phi) is 3.87. The molecule has 98 valence electrons. The van der Waals surface area contributed by atoms with E-state index >= 15 is 0 Å². The maximum atomic E-state index is 13.7. The van der Waals surface area contributed by atoms with Crippen LogP contribution in [0.3, 0.4) is 0 Å². The van der Waals surface area contributed by atoms with Crippen LogP contribution in [-0.4, -0.2) is 34.3 Å². The summed E-state index contributed by atoms with van der Waals surface area (Å²) in [5.41, 5.74) is 0.271. The first-order valence-corrected chi connectivity index (χ1v) is 6.50. The molecule has 1 aromatic rings. The SMILES string of the molecule is C[C@H]1S[C@H](c2ccc(F)cc2F)N(CCO)C1=O. The second-order valence-electron chi connectivity index (χ2n) is 4.05. The number of rotatable bonds is 3. The van der Waals surface area contributed by atoms with E-state index in [0.717, 1.165) is 6.07 Å². The topological polar surface area (TPSA) is 40.5 Å². The summed E-state index contributed by atoms with van der Waals surface area (Å²) >= 11 is 1.30. The highest BCUT2D eigenvalue weighted by Gasteiger charge is 2.39. The number of benzene rings is 1. The van der Waals surface area contributed by atoms with Crippen LogP contribution in [0.1, 0.15) is 17.9 Å². The van der Waals surface area contributed by atoms with E-state index < -0.39 is 17.0 Å². The van der Waals surface area contributed by atoms with Crippen molar-refractivity contribution in [3.8, 4) is 0 Å². The first-order valence-electron chi connectivity index (χ1n) is 5.56. The van der Waals surface area contributed by atoms with Crippen LogP contribution in [0.4, 0.5) is 8.78 Å². The third kappa shape index (κ3) is 2.35. The van der Waals surface area contributed by atoms with Gasteiger partial charge in [0.05, 0.1) is 11.9 Å². The minimum Gasteiger partial charge on any atom is -0.395 e. The molecular formula is C12H13F2NO2S. The summed E-state index contributed by atoms with van der Waals surface area (Å²) in [5.74, 6) is -1.45. The van der Waals surface area contributed by atoms with E-state index in [2.05, 4.69) is 0 Å². The lowest BCUT2D eigenvalue weighted by molar-refractivity contribution is -0.130. The van der Waals surface area contributed by atoms with Crippen LogP contribution in [0.5, 0.6) is 0 Å². The summed E-state index contributed by atoms with van der Waals surface area (Å²) in [6.45, 7) is 1.70. The van der Waals surface area contributed by atoms with Crippen molar-refractivity contribution in [3.63, 3.8) is 0 Å².